The Balaban J connectivity index is 1.49. The smallest absolute Gasteiger partial charge is 0.251 e. The second-order valence-electron chi connectivity index (χ2n) is 6.79. The molecule has 5 heteroatoms. The summed E-state index contributed by atoms with van der Waals surface area (Å²) in [4.78, 5) is 24.2. The van der Waals surface area contributed by atoms with Crippen molar-refractivity contribution in [3.05, 3.63) is 29.8 Å². The van der Waals surface area contributed by atoms with Crippen LogP contribution in [0.2, 0.25) is 0 Å². The molecule has 0 spiro atoms. The van der Waals surface area contributed by atoms with E-state index >= 15 is 0 Å². The van der Waals surface area contributed by atoms with Crippen LogP contribution in [-0.2, 0) is 4.79 Å². The quantitative estimate of drug-likeness (QED) is 0.752. The van der Waals surface area contributed by atoms with Crippen LogP contribution in [0, 0.1) is 17.8 Å². The van der Waals surface area contributed by atoms with Crippen molar-refractivity contribution in [1.29, 1.82) is 0 Å². The van der Waals surface area contributed by atoms with Crippen molar-refractivity contribution in [2.45, 2.75) is 26.2 Å². The fourth-order valence-corrected chi connectivity index (χ4v) is 3.11. The number of carbonyl (C=O) groups is 2. The highest BCUT2D eigenvalue weighted by atomic mass is 16.2. The van der Waals surface area contributed by atoms with Gasteiger partial charge in [-0.2, -0.15) is 0 Å². The maximum absolute atomic E-state index is 12.2. The fourth-order valence-electron chi connectivity index (χ4n) is 3.11. The Bertz CT molecular complexity index is 581. The third kappa shape index (κ3) is 4.32. The van der Waals surface area contributed by atoms with E-state index in [0.29, 0.717) is 29.6 Å². The minimum Gasteiger partial charge on any atom is -0.352 e. The third-order valence-electron chi connectivity index (χ3n) is 4.84. The molecule has 2 amide bonds. The van der Waals surface area contributed by atoms with Crippen LogP contribution in [0.5, 0.6) is 0 Å². The first-order chi connectivity index (χ1) is 11.1. The van der Waals surface area contributed by atoms with Crippen molar-refractivity contribution in [3.8, 4) is 0 Å². The lowest BCUT2D eigenvalue weighted by Gasteiger charge is -2.10. The molecule has 124 valence electrons. The lowest BCUT2D eigenvalue weighted by atomic mass is 10.1. The summed E-state index contributed by atoms with van der Waals surface area (Å²) < 4.78 is 0. The molecule has 2 aliphatic rings. The molecule has 3 N–H and O–H groups in total. The molecule has 3 rings (SSSR count). The van der Waals surface area contributed by atoms with Crippen molar-refractivity contribution in [2.75, 3.05) is 25.0 Å². The average Bonchev–Trinajstić information content (AvgIpc) is 3.06. The van der Waals surface area contributed by atoms with Crippen LogP contribution in [0.3, 0.4) is 0 Å². The maximum atomic E-state index is 12.2. The number of amides is 2. The van der Waals surface area contributed by atoms with E-state index in [1.54, 1.807) is 12.1 Å². The zero-order valence-electron chi connectivity index (χ0n) is 13.6. The number of anilines is 1. The number of hydrogen-bond acceptors (Lipinski definition) is 3. The predicted octanol–water partition coefficient (Wildman–Crippen LogP) is 2.01. The van der Waals surface area contributed by atoms with Gasteiger partial charge in [-0.1, -0.05) is 13.0 Å². The van der Waals surface area contributed by atoms with Crippen molar-refractivity contribution in [1.82, 2.24) is 10.6 Å². The van der Waals surface area contributed by atoms with Gasteiger partial charge in [0.2, 0.25) is 5.91 Å². The van der Waals surface area contributed by atoms with Gasteiger partial charge in [-0.15, -0.1) is 0 Å². The highest BCUT2D eigenvalue weighted by Gasteiger charge is 2.39. The molecule has 0 bridgehead atoms. The van der Waals surface area contributed by atoms with E-state index < -0.39 is 0 Å². The standard InChI is InChI=1S/C18H25N3O2/c1-12-9-16(12)18(23)21-15-4-2-3-14(10-15)17(22)20-8-6-13-5-7-19-11-13/h2-4,10,12-13,16,19H,5-9,11H2,1H3,(H,20,22)(H,21,23). The average molecular weight is 315 g/mol. The second kappa shape index (κ2) is 7.13. The van der Waals surface area contributed by atoms with Crippen molar-refractivity contribution in [2.24, 2.45) is 17.8 Å². The molecule has 1 saturated carbocycles. The van der Waals surface area contributed by atoms with Crippen molar-refractivity contribution in [3.63, 3.8) is 0 Å². The molecule has 1 saturated heterocycles. The van der Waals surface area contributed by atoms with E-state index in [1.807, 2.05) is 12.1 Å². The van der Waals surface area contributed by atoms with Gasteiger partial charge in [0.25, 0.3) is 5.91 Å². The maximum Gasteiger partial charge on any atom is 0.251 e. The van der Waals surface area contributed by atoms with Gasteiger partial charge >= 0.3 is 0 Å². The number of hydrogen-bond donors (Lipinski definition) is 3. The number of nitrogens with one attached hydrogen (secondary N) is 3. The Morgan fingerprint density at radius 1 is 1.35 bits per heavy atom. The van der Waals surface area contributed by atoms with E-state index in [-0.39, 0.29) is 17.7 Å². The number of benzene rings is 1. The molecule has 2 fully saturated rings. The summed E-state index contributed by atoms with van der Waals surface area (Å²) in [6, 6.07) is 7.16. The molecule has 5 nitrogen and oxygen atoms in total. The van der Waals surface area contributed by atoms with E-state index in [4.69, 9.17) is 0 Å². The predicted molar refractivity (Wildman–Crippen MR) is 90.3 cm³/mol. The highest BCUT2D eigenvalue weighted by molar-refractivity contribution is 5.98. The van der Waals surface area contributed by atoms with Crippen LogP contribution in [-0.4, -0.2) is 31.4 Å². The monoisotopic (exact) mass is 315 g/mol. The molecular formula is C18H25N3O2. The first-order valence-electron chi connectivity index (χ1n) is 8.53. The van der Waals surface area contributed by atoms with Gasteiger partial charge in [0.1, 0.15) is 0 Å². The molecule has 1 aliphatic heterocycles. The van der Waals surface area contributed by atoms with Gasteiger partial charge in [-0.3, -0.25) is 9.59 Å². The summed E-state index contributed by atoms with van der Waals surface area (Å²) in [5, 5.41) is 9.20. The van der Waals surface area contributed by atoms with Crippen LogP contribution in [0.4, 0.5) is 5.69 Å². The van der Waals surface area contributed by atoms with Gasteiger partial charge in [-0.25, -0.2) is 0 Å². The first-order valence-corrected chi connectivity index (χ1v) is 8.53. The summed E-state index contributed by atoms with van der Waals surface area (Å²) in [5.74, 6) is 1.26. The molecule has 1 aromatic rings. The molecule has 3 unspecified atom stereocenters. The van der Waals surface area contributed by atoms with Crippen LogP contribution >= 0.6 is 0 Å². The zero-order valence-corrected chi connectivity index (χ0v) is 13.6. The molecule has 1 aliphatic carbocycles. The Hall–Kier alpha value is -1.88. The number of rotatable bonds is 6. The SMILES string of the molecule is CC1CC1C(=O)Nc1cccc(C(=O)NCCC2CCNC2)c1. The molecular weight excluding hydrogens is 290 g/mol. The summed E-state index contributed by atoms with van der Waals surface area (Å²) >= 11 is 0. The van der Waals surface area contributed by atoms with Gasteiger partial charge in [-0.05, 0) is 62.4 Å². The molecule has 1 heterocycles. The lowest BCUT2D eigenvalue weighted by Crippen LogP contribution is -2.26. The van der Waals surface area contributed by atoms with E-state index in [9.17, 15) is 9.59 Å². The Labute approximate surface area is 137 Å². The molecule has 23 heavy (non-hydrogen) atoms. The molecule has 0 aromatic heterocycles. The molecule has 1 aromatic carbocycles. The topological polar surface area (TPSA) is 70.2 Å². The van der Waals surface area contributed by atoms with Crippen molar-refractivity contribution < 1.29 is 9.59 Å². The van der Waals surface area contributed by atoms with Crippen LogP contribution in [0.1, 0.15) is 36.5 Å². The second-order valence-corrected chi connectivity index (χ2v) is 6.79. The van der Waals surface area contributed by atoms with Crippen LogP contribution < -0.4 is 16.0 Å². The van der Waals surface area contributed by atoms with Gasteiger partial charge in [0, 0.05) is 23.7 Å². The first kappa shape index (κ1) is 16.0. The normalized spacial score (nSPS) is 25.9. The van der Waals surface area contributed by atoms with Gasteiger partial charge < -0.3 is 16.0 Å². The van der Waals surface area contributed by atoms with E-state index in [2.05, 4.69) is 22.9 Å². The summed E-state index contributed by atoms with van der Waals surface area (Å²) in [7, 11) is 0. The van der Waals surface area contributed by atoms with Gasteiger partial charge in [0.05, 0.1) is 0 Å². The molecule has 0 radical (unpaired) electrons. The van der Waals surface area contributed by atoms with E-state index in [0.717, 1.165) is 25.9 Å². The summed E-state index contributed by atoms with van der Waals surface area (Å²) in [6.07, 6.45) is 3.16. The Morgan fingerprint density at radius 2 is 2.17 bits per heavy atom. The number of carbonyl (C=O) groups excluding carboxylic acids is 2. The van der Waals surface area contributed by atoms with Crippen LogP contribution in [0.15, 0.2) is 24.3 Å². The highest BCUT2D eigenvalue weighted by Crippen LogP contribution is 2.38. The summed E-state index contributed by atoms with van der Waals surface area (Å²) in [6.45, 7) is 4.91. The third-order valence-corrected chi connectivity index (χ3v) is 4.84. The largest absolute Gasteiger partial charge is 0.352 e. The minimum absolute atomic E-state index is 0.0591. The Morgan fingerprint density at radius 3 is 2.87 bits per heavy atom. The van der Waals surface area contributed by atoms with Crippen molar-refractivity contribution >= 4 is 17.5 Å². The fraction of sp³-hybridized carbons (Fsp3) is 0.556. The lowest BCUT2D eigenvalue weighted by molar-refractivity contribution is -0.117. The van der Waals surface area contributed by atoms with Crippen LogP contribution in [0.25, 0.3) is 0 Å². The minimum atomic E-state index is -0.0770. The Kier molecular flexibility index (Phi) is 4.96. The van der Waals surface area contributed by atoms with E-state index in [1.165, 1.54) is 6.42 Å². The molecule has 3 atom stereocenters. The van der Waals surface area contributed by atoms with Gasteiger partial charge in [0.15, 0.2) is 0 Å². The zero-order chi connectivity index (χ0) is 16.2. The summed E-state index contributed by atoms with van der Waals surface area (Å²) in [5.41, 5.74) is 1.29.